The van der Waals surface area contributed by atoms with E-state index in [4.69, 9.17) is 9.47 Å². The van der Waals surface area contributed by atoms with Crippen molar-refractivity contribution in [3.63, 3.8) is 0 Å². The number of carbonyl (C=O) groups excluding carboxylic acids is 3. The van der Waals surface area contributed by atoms with Gasteiger partial charge in [-0.2, -0.15) is 0 Å². The Balaban J connectivity index is 1.47. The van der Waals surface area contributed by atoms with Gasteiger partial charge in [0.2, 0.25) is 6.79 Å². The minimum atomic E-state index is -0.569. The molecule has 0 saturated heterocycles. The molecule has 3 N–H and O–H groups in total. The number of aromatic nitrogens is 1. The SMILES string of the molecule is Cn1cc(Br)cc1C(=O)NNC(=O)CNC(=O)c1ccc2c(c1)OCO2. The van der Waals surface area contributed by atoms with Crippen LogP contribution < -0.4 is 25.6 Å². The summed E-state index contributed by atoms with van der Waals surface area (Å²) < 4.78 is 12.7. The van der Waals surface area contributed by atoms with Crippen molar-refractivity contribution in [1.82, 2.24) is 20.7 Å². The molecule has 2 aromatic rings. The average molecular weight is 423 g/mol. The second-order valence-electron chi connectivity index (χ2n) is 5.41. The molecule has 2 heterocycles. The van der Waals surface area contributed by atoms with Crippen LogP contribution in [-0.4, -0.2) is 35.6 Å². The van der Waals surface area contributed by atoms with Gasteiger partial charge in [0.15, 0.2) is 11.5 Å². The summed E-state index contributed by atoms with van der Waals surface area (Å²) in [7, 11) is 1.70. The van der Waals surface area contributed by atoms with Gasteiger partial charge in [0, 0.05) is 23.3 Å². The van der Waals surface area contributed by atoms with Gasteiger partial charge in [-0.25, -0.2) is 0 Å². The number of nitrogens with zero attached hydrogens (tertiary/aromatic N) is 1. The second kappa shape index (κ2) is 7.48. The molecule has 1 aliphatic heterocycles. The van der Waals surface area contributed by atoms with Crippen LogP contribution in [0.5, 0.6) is 11.5 Å². The molecule has 0 spiro atoms. The van der Waals surface area contributed by atoms with E-state index < -0.39 is 17.7 Å². The highest BCUT2D eigenvalue weighted by Crippen LogP contribution is 2.32. The largest absolute Gasteiger partial charge is 0.454 e. The van der Waals surface area contributed by atoms with Gasteiger partial charge in [-0.05, 0) is 40.2 Å². The Bertz CT molecular complexity index is 880. The highest BCUT2D eigenvalue weighted by atomic mass is 79.9. The first-order valence-corrected chi connectivity index (χ1v) is 8.32. The fourth-order valence-electron chi connectivity index (χ4n) is 2.29. The Hall–Kier alpha value is -3.01. The number of benzene rings is 1. The lowest BCUT2D eigenvalue weighted by Crippen LogP contribution is -2.46. The van der Waals surface area contributed by atoms with Crippen LogP contribution in [0.25, 0.3) is 0 Å². The smallest absolute Gasteiger partial charge is 0.286 e. The molecule has 0 saturated carbocycles. The lowest BCUT2D eigenvalue weighted by molar-refractivity contribution is -0.120. The third-order valence-corrected chi connectivity index (χ3v) is 4.00. The maximum absolute atomic E-state index is 12.1. The summed E-state index contributed by atoms with van der Waals surface area (Å²) in [6.45, 7) is -0.190. The predicted octanol–water partition coefficient (Wildman–Crippen LogP) is 0.707. The number of rotatable bonds is 4. The molecular formula is C16H15BrN4O5. The first-order chi connectivity index (χ1) is 12.4. The van der Waals surface area contributed by atoms with Gasteiger partial charge in [-0.15, -0.1) is 0 Å². The molecule has 9 nitrogen and oxygen atoms in total. The molecule has 136 valence electrons. The van der Waals surface area contributed by atoms with E-state index in [1.54, 1.807) is 36.0 Å². The zero-order valence-corrected chi connectivity index (χ0v) is 15.3. The van der Waals surface area contributed by atoms with Crippen LogP contribution in [0, 0.1) is 0 Å². The number of amides is 3. The number of ether oxygens (including phenoxy) is 2. The molecule has 1 aliphatic rings. The summed E-state index contributed by atoms with van der Waals surface area (Å²) in [5.41, 5.74) is 5.22. The number of halogens is 1. The van der Waals surface area contributed by atoms with Gasteiger partial charge >= 0.3 is 0 Å². The van der Waals surface area contributed by atoms with Crippen LogP contribution in [-0.2, 0) is 11.8 Å². The highest BCUT2D eigenvalue weighted by molar-refractivity contribution is 9.10. The summed E-state index contributed by atoms with van der Waals surface area (Å²) >= 11 is 3.26. The van der Waals surface area contributed by atoms with Gasteiger partial charge in [0.25, 0.3) is 17.7 Å². The van der Waals surface area contributed by atoms with Crippen molar-refractivity contribution in [1.29, 1.82) is 0 Å². The first kappa shape index (κ1) is 17.8. The number of hydrazine groups is 1. The number of carbonyl (C=O) groups is 3. The van der Waals surface area contributed by atoms with E-state index in [-0.39, 0.29) is 13.3 Å². The van der Waals surface area contributed by atoms with Crippen LogP contribution >= 0.6 is 15.9 Å². The summed E-state index contributed by atoms with van der Waals surface area (Å²) in [4.78, 5) is 35.8. The molecule has 0 radical (unpaired) electrons. The lowest BCUT2D eigenvalue weighted by atomic mass is 10.2. The zero-order valence-electron chi connectivity index (χ0n) is 13.7. The number of hydrogen-bond donors (Lipinski definition) is 3. The van der Waals surface area contributed by atoms with E-state index in [1.807, 2.05) is 0 Å². The number of fused-ring (bicyclic) bond motifs is 1. The molecule has 0 fully saturated rings. The van der Waals surface area contributed by atoms with Gasteiger partial charge in [-0.1, -0.05) is 0 Å². The molecule has 0 unspecified atom stereocenters. The van der Waals surface area contributed by atoms with Crippen molar-refractivity contribution in [3.05, 3.63) is 46.2 Å². The van der Waals surface area contributed by atoms with Crippen molar-refractivity contribution < 1.29 is 23.9 Å². The molecule has 3 rings (SSSR count). The van der Waals surface area contributed by atoms with E-state index in [0.717, 1.165) is 4.47 Å². The standard InChI is InChI=1S/C16H15BrN4O5/c1-21-7-10(17)5-11(21)16(24)20-19-14(22)6-18-15(23)9-2-3-12-13(4-9)26-8-25-12/h2-5,7H,6,8H2,1H3,(H,18,23)(H,19,22)(H,20,24). The van der Waals surface area contributed by atoms with E-state index >= 15 is 0 Å². The first-order valence-electron chi connectivity index (χ1n) is 7.53. The van der Waals surface area contributed by atoms with Gasteiger partial charge in [0.1, 0.15) is 5.69 Å². The summed E-state index contributed by atoms with van der Waals surface area (Å²) in [5, 5.41) is 2.46. The van der Waals surface area contributed by atoms with Crippen LogP contribution in [0.3, 0.4) is 0 Å². The van der Waals surface area contributed by atoms with Crippen LogP contribution in [0.1, 0.15) is 20.8 Å². The van der Waals surface area contributed by atoms with Crippen LogP contribution in [0.15, 0.2) is 34.9 Å². The fourth-order valence-corrected chi connectivity index (χ4v) is 2.81. The van der Waals surface area contributed by atoms with Gasteiger partial charge < -0.3 is 19.4 Å². The Morgan fingerprint density at radius 1 is 1.12 bits per heavy atom. The van der Waals surface area contributed by atoms with Crippen molar-refractivity contribution in [2.45, 2.75) is 0 Å². The second-order valence-corrected chi connectivity index (χ2v) is 6.32. The van der Waals surface area contributed by atoms with Crippen molar-refractivity contribution in [2.75, 3.05) is 13.3 Å². The lowest BCUT2D eigenvalue weighted by Gasteiger charge is -2.09. The number of nitrogens with one attached hydrogen (secondary N) is 3. The summed E-state index contributed by atoms with van der Waals surface area (Å²) in [5.74, 6) is -0.456. The molecule has 0 atom stereocenters. The molecule has 0 bridgehead atoms. The van der Waals surface area contributed by atoms with Crippen LogP contribution in [0.4, 0.5) is 0 Å². The Labute approximate surface area is 156 Å². The monoisotopic (exact) mass is 422 g/mol. The van der Waals surface area contributed by atoms with E-state index in [9.17, 15) is 14.4 Å². The molecular weight excluding hydrogens is 408 g/mol. The Kier molecular flexibility index (Phi) is 5.12. The summed E-state index contributed by atoms with van der Waals surface area (Å²) in [6, 6.07) is 6.33. The maximum atomic E-state index is 12.1. The highest BCUT2D eigenvalue weighted by Gasteiger charge is 2.17. The van der Waals surface area contributed by atoms with E-state index in [1.165, 1.54) is 6.07 Å². The Morgan fingerprint density at radius 2 is 1.88 bits per heavy atom. The molecule has 1 aromatic carbocycles. The summed E-state index contributed by atoms with van der Waals surface area (Å²) in [6.07, 6.45) is 1.71. The molecule has 26 heavy (non-hydrogen) atoms. The Morgan fingerprint density at radius 3 is 2.62 bits per heavy atom. The number of hydrogen-bond acceptors (Lipinski definition) is 5. The zero-order chi connectivity index (χ0) is 18.7. The average Bonchev–Trinajstić information content (AvgIpc) is 3.22. The van der Waals surface area contributed by atoms with E-state index in [2.05, 4.69) is 32.1 Å². The fraction of sp³-hybridized carbons (Fsp3) is 0.188. The minimum Gasteiger partial charge on any atom is -0.454 e. The minimum absolute atomic E-state index is 0.111. The van der Waals surface area contributed by atoms with Crippen molar-refractivity contribution in [2.24, 2.45) is 7.05 Å². The topological polar surface area (TPSA) is 111 Å². The number of aryl methyl sites for hydroxylation is 1. The molecule has 3 amide bonds. The van der Waals surface area contributed by atoms with Gasteiger partial charge in [-0.3, -0.25) is 25.2 Å². The maximum Gasteiger partial charge on any atom is 0.286 e. The van der Waals surface area contributed by atoms with Crippen molar-refractivity contribution in [3.8, 4) is 11.5 Å². The van der Waals surface area contributed by atoms with Gasteiger partial charge in [0.05, 0.1) is 6.54 Å². The molecule has 1 aromatic heterocycles. The normalized spacial score (nSPS) is 11.8. The van der Waals surface area contributed by atoms with E-state index in [0.29, 0.717) is 22.8 Å². The molecule has 10 heteroatoms. The molecule has 0 aliphatic carbocycles. The third-order valence-electron chi connectivity index (χ3n) is 3.56. The third kappa shape index (κ3) is 3.97. The predicted molar refractivity (Wildman–Crippen MR) is 93.6 cm³/mol. The quantitative estimate of drug-likeness (QED) is 0.628. The van der Waals surface area contributed by atoms with Crippen LogP contribution in [0.2, 0.25) is 0 Å². The van der Waals surface area contributed by atoms with Crippen molar-refractivity contribution >= 4 is 33.7 Å².